The summed E-state index contributed by atoms with van der Waals surface area (Å²) >= 11 is 0. The summed E-state index contributed by atoms with van der Waals surface area (Å²) in [5.41, 5.74) is 0. The highest BCUT2D eigenvalue weighted by molar-refractivity contribution is 6.80. The summed E-state index contributed by atoms with van der Waals surface area (Å²) in [4.78, 5) is 28.8. The second-order valence-corrected chi connectivity index (χ2v) is 8.28. The molecule has 8 nitrogen and oxygen atoms in total. The van der Waals surface area contributed by atoms with Gasteiger partial charge in [-0.25, -0.2) is 0 Å². The zero-order valence-electron chi connectivity index (χ0n) is 8.09. The largest absolute Gasteiger partial charge is 0.317 e. The van der Waals surface area contributed by atoms with E-state index in [2.05, 4.69) is 9.68 Å². The Balaban J connectivity index is 2.46. The highest BCUT2D eigenvalue weighted by atomic mass is 28.3. The predicted octanol–water partition coefficient (Wildman–Crippen LogP) is 0.724. The van der Waals surface area contributed by atoms with Gasteiger partial charge in [-0.15, -0.1) is 20.2 Å². The first-order valence-corrected chi connectivity index (χ1v) is 7.42. The second-order valence-electron chi connectivity index (χ2n) is 3.70. The third-order valence-electron chi connectivity index (χ3n) is 2.62. The maximum Gasteiger partial charge on any atom is 0.294 e. The average molecular weight is 236 g/mol. The molecule has 0 amide bonds. The van der Waals surface area contributed by atoms with E-state index in [1.54, 1.807) is 0 Å². The normalized spacial score (nSPS) is 18.4. The van der Waals surface area contributed by atoms with E-state index in [0.717, 1.165) is 24.9 Å². The number of rotatable bonds is 6. The molecule has 0 aromatic rings. The lowest BCUT2D eigenvalue weighted by Gasteiger charge is -2.23. The first-order chi connectivity index (χ1) is 7.04. The Bertz CT molecular complexity index is 234. The lowest BCUT2D eigenvalue weighted by molar-refractivity contribution is -0.757. The van der Waals surface area contributed by atoms with Crippen LogP contribution in [-0.4, -0.2) is 30.7 Å². The molecule has 86 valence electrons. The monoisotopic (exact) mass is 236 g/mol. The fourth-order valence-corrected chi connectivity index (χ4v) is 5.50. The summed E-state index contributed by atoms with van der Waals surface area (Å²) in [7, 11) is -2.09. The van der Waals surface area contributed by atoms with Gasteiger partial charge >= 0.3 is 0 Å². The Morgan fingerprint density at radius 1 is 1.00 bits per heavy atom. The van der Waals surface area contributed by atoms with Crippen molar-refractivity contribution in [3.05, 3.63) is 20.2 Å². The highest BCUT2D eigenvalue weighted by Crippen LogP contribution is 2.30. The molecule has 0 aromatic carbocycles. The van der Waals surface area contributed by atoms with Gasteiger partial charge in [-0.05, 0) is 0 Å². The molecule has 1 fully saturated rings. The second kappa shape index (κ2) is 4.91. The molecule has 1 aliphatic rings. The lowest BCUT2D eigenvalue weighted by Crippen LogP contribution is -2.44. The van der Waals surface area contributed by atoms with Gasteiger partial charge in [0.05, 0.1) is 12.5 Å². The highest BCUT2D eigenvalue weighted by Gasteiger charge is 2.39. The number of nitrogens with zero attached hydrogens (tertiary/aromatic N) is 2. The Hall–Kier alpha value is -1.38. The van der Waals surface area contributed by atoms with Crippen molar-refractivity contribution in [1.29, 1.82) is 0 Å². The Morgan fingerprint density at radius 3 is 1.73 bits per heavy atom. The van der Waals surface area contributed by atoms with Crippen LogP contribution < -0.4 is 0 Å². The molecule has 0 saturated carbocycles. The van der Waals surface area contributed by atoms with E-state index >= 15 is 0 Å². The van der Waals surface area contributed by atoms with Crippen molar-refractivity contribution in [1.82, 2.24) is 0 Å². The van der Waals surface area contributed by atoms with E-state index in [4.69, 9.17) is 0 Å². The van der Waals surface area contributed by atoms with Crippen LogP contribution in [-0.2, 0) is 9.68 Å². The van der Waals surface area contributed by atoms with Crippen molar-refractivity contribution in [2.45, 2.75) is 24.9 Å². The predicted molar refractivity (Wildman–Crippen MR) is 50.5 cm³/mol. The Labute approximate surface area is 86.4 Å². The number of hydrogen-bond donors (Lipinski definition) is 0. The van der Waals surface area contributed by atoms with Gasteiger partial charge in [-0.1, -0.05) is 24.9 Å². The quantitative estimate of drug-likeness (QED) is 0.382. The number of hydrogen-bond acceptors (Lipinski definition) is 6. The van der Waals surface area contributed by atoms with Crippen molar-refractivity contribution in [2.24, 2.45) is 0 Å². The first-order valence-electron chi connectivity index (χ1n) is 4.59. The van der Waals surface area contributed by atoms with E-state index in [9.17, 15) is 20.2 Å². The smallest absolute Gasteiger partial charge is 0.294 e. The Kier molecular flexibility index (Phi) is 3.83. The van der Waals surface area contributed by atoms with Gasteiger partial charge in [0.25, 0.3) is 10.2 Å². The van der Waals surface area contributed by atoms with Crippen molar-refractivity contribution < 1.29 is 19.8 Å². The molecule has 0 spiro atoms. The molecule has 1 rings (SSSR count). The van der Waals surface area contributed by atoms with Gasteiger partial charge < -0.3 is 9.68 Å². The molecule has 0 N–H and O–H groups in total. The summed E-state index contributed by atoms with van der Waals surface area (Å²) in [5, 5.41) is 18.4. The zero-order chi connectivity index (χ0) is 11.3. The molecule has 0 aromatic heterocycles. The molecule has 0 atom stereocenters. The fourth-order valence-electron chi connectivity index (χ4n) is 1.83. The SMILES string of the molecule is O=[N+]([O-])OC[Si]1(CO[N+](=O)[O-])CCCC1. The van der Waals surface area contributed by atoms with Gasteiger partial charge in [0.1, 0.15) is 8.07 Å². The minimum absolute atomic E-state index is 0.00778. The molecule has 0 unspecified atom stereocenters. The third kappa shape index (κ3) is 3.70. The fraction of sp³-hybridized carbons (Fsp3) is 1.00. The maximum absolute atomic E-state index is 10.1. The van der Waals surface area contributed by atoms with E-state index < -0.39 is 18.2 Å². The van der Waals surface area contributed by atoms with Crippen LogP contribution in [0.15, 0.2) is 0 Å². The summed E-state index contributed by atoms with van der Waals surface area (Å²) < 4.78 is 0. The van der Waals surface area contributed by atoms with Crippen molar-refractivity contribution in [3.63, 3.8) is 0 Å². The average Bonchev–Trinajstić information content (AvgIpc) is 2.61. The van der Waals surface area contributed by atoms with Crippen LogP contribution in [0, 0.1) is 20.2 Å². The summed E-state index contributed by atoms with van der Waals surface area (Å²) in [6.45, 7) is 0. The zero-order valence-corrected chi connectivity index (χ0v) is 9.09. The molecule has 0 bridgehead atoms. The minimum Gasteiger partial charge on any atom is -0.317 e. The van der Waals surface area contributed by atoms with Crippen LogP contribution in [0.4, 0.5) is 0 Å². The summed E-state index contributed by atoms with van der Waals surface area (Å²) in [5.74, 6) is 0. The van der Waals surface area contributed by atoms with Crippen molar-refractivity contribution in [3.8, 4) is 0 Å². The molecule has 1 aliphatic heterocycles. The van der Waals surface area contributed by atoms with E-state index in [1.165, 1.54) is 0 Å². The third-order valence-corrected chi connectivity index (χ3v) is 6.93. The molecule has 1 heterocycles. The van der Waals surface area contributed by atoms with E-state index in [1.807, 2.05) is 0 Å². The van der Waals surface area contributed by atoms with Crippen LogP contribution in [0.2, 0.25) is 12.1 Å². The summed E-state index contributed by atoms with van der Waals surface area (Å²) in [6, 6.07) is 1.60. The molecule has 15 heavy (non-hydrogen) atoms. The van der Waals surface area contributed by atoms with Gasteiger partial charge in [0.2, 0.25) is 0 Å². The van der Waals surface area contributed by atoms with Crippen LogP contribution in [0.5, 0.6) is 0 Å². The van der Waals surface area contributed by atoms with Crippen molar-refractivity contribution >= 4 is 8.07 Å². The van der Waals surface area contributed by atoms with Crippen LogP contribution in [0.3, 0.4) is 0 Å². The lowest BCUT2D eigenvalue weighted by atomic mass is 10.4. The first kappa shape index (κ1) is 11.7. The van der Waals surface area contributed by atoms with Crippen LogP contribution in [0.25, 0.3) is 0 Å². The van der Waals surface area contributed by atoms with Gasteiger partial charge in [-0.2, -0.15) is 0 Å². The molecule has 0 aliphatic carbocycles. The molecular weight excluding hydrogens is 224 g/mol. The van der Waals surface area contributed by atoms with Crippen LogP contribution >= 0.6 is 0 Å². The maximum atomic E-state index is 10.1. The molecular formula is C6H12N2O6Si. The van der Waals surface area contributed by atoms with Gasteiger partial charge in [0.15, 0.2) is 0 Å². The minimum atomic E-state index is -2.09. The van der Waals surface area contributed by atoms with E-state index in [0.29, 0.717) is 0 Å². The molecule has 0 radical (unpaired) electrons. The molecule has 9 heteroatoms. The van der Waals surface area contributed by atoms with Crippen LogP contribution in [0.1, 0.15) is 12.8 Å². The topological polar surface area (TPSA) is 105 Å². The standard InChI is InChI=1S/C6H12N2O6Si/c9-7(10)13-5-15(3-1-2-4-15)6-14-8(11)12/h1-6H2. The summed E-state index contributed by atoms with van der Waals surface area (Å²) in [6.07, 6.45) is 1.92. The van der Waals surface area contributed by atoms with Crippen molar-refractivity contribution in [2.75, 3.05) is 12.5 Å². The van der Waals surface area contributed by atoms with Gasteiger partial charge in [0, 0.05) is 0 Å². The molecule has 1 saturated heterocycles. The van der Waals surface area contributed by atoms with E-state index in [-0.39, 0.29) is 12.5 Å². The Morgan fingerprint density at radius 2 is 1.40 bits per heavy atom. The van der Waals surface area contributed by atoms with Gasteiger partial charge in [-0.3, -0.25) is 0 Å².